The van der Waals surface area contributed by atoms with Crippen LogP contribution >= 0.6 is 23.2 Å². The van der Waals surface area contributed by atoms with Gasteiger partial charge in [-0.1, -0.05) is 23.2 Å². The summed E-state index contributed by atoms with van der Waals surface area (Å²) in [7, 11) is 0. The molecule has 5 heteroatoms. The molecule has 96 valence electrons. The molecule has 0 saturated carbocycles. The van der Waals surface area contributed by atoms with Gasteiger partial charge in [0.1, 0.15) is 5.82 Å². The van der Waals surface area contributed by atoms with Gasteiger partial charge in [-0.3, -0.25) is 0 Å². The van der Waals surface area contributed by atoms with Crippen molar-refractivity contribution in [3.8, 4) is 6.07 Å². The molecular formula is C14H9Cl2FN2. The van der Waals surface area contributed by atoms with Gasteiger partial charge in [-0.25, -0.2) is 4.39 Å². The second-order valence-electron chi connectivity index (χ2n) is 4.01. The second-order valence-corrected chi connectivity index (χ2v) is 4.83. The lowest BCUT2D eigenvalue weighted by Gasteiger charge is -2.11. The first-order valence-electron chi connectivity index (χ1n) is 5.43. The molecule has 2 aromatic carbocycles. The predicted octanol–water partition coefficient (Wildman–Crippen LogP) is 5.06. The van der Waals surface area contributed by atoms with Crippen LogP contribution in [0.3, 0.4) is 0 Å². The van der Waals surface area contributed by atoms with Crippen LogP contribution in [0.1, 0.15) is 11.1 Å². The van der Waals surface area contributed by atoms with E-state index in [4.69, 9.17) is 28.5 Å². The van der Waals surface area contributed by atoms with E-state index in [2.05, 4.69) is 5.32 Å². The summed E-state index contributed by atoms with van der Waals surface area (Å²) < 4.78 is 13.7. The second kappa shape index (κ2) is 5.48. The highest BCUT2D eigenvalue weighted by atomic mass is 35.5. The molecule has 0 unspecified atom stereocenters. The van der Waals surface area contributed by atoms with Crippen LogP contribution in [0.5, 0.6) is 0 Å². The van der Waals surface area contributed by atoms with Crippen LogP contribution in [0, 0.1) is 24.1 Å². The van der Waals surface area contributed by atoms with E-state index < -0.39 is 5.82 Å². The Morgan fingerprint density at radius 2 is 1.84 bits per heavy atom. The van der Waals surface area contributed by atoms with Gasteiger partial charge >= 0.3 is 0 Å². The fourth-order valence-electron chi connectivity index (χ4n) is 1.57. The summed E-state index contributed by atoms with van der Waals surface area (Å²) in [5, 5.41) is 12.5. The number of halogens is 3. The number of nitriles is 1. The Balaban J connectivity index is 2.37. The Hall–Kier alpha value is -1.76. The van der Waals surface area contributed by atoms with Gasteiger partial charge in [0.2, 0.25) is 0 Å². The molecule has 0 spiro atoms. The van der Waals surface area contributed by atoms with Crippen molar-refractivity contribution in [3.63, 3.8) is 0 Å². The number of anilines is 2. The third-order valence-electron chi connectivity index (χ3n) is 2.62. The van der Waals surface area contributed by atoms with Gasteiger partial charge in [-0.2, -0.15) is 5.26 Å². The number of hydrogen-bond donors (Lipinski definition) is 1. The van der Waals surface area contributed by atoms with Gasteiger partial charge < -0.3 is 5.32 Å². The van der Waals surface area contributed by atoms with Crippen molar-refractivity contribution in [1.82, 2.24) is 0 Å². The van der Waals surface area contributed by atoms with Crippen LogP contribution in [0.2, 0.25) is 10.0 Å². The van der Waals surface area contributed by atoms with Crippen LogP contribution in [0.15, 0.2) is 30.3 Å². The molecule has 0 atom stereocenters. The molecule has 1 N–H and O–H groups in total. The van der Waals surface area contributed by atoms with Crippen molar-refractivity contribution in [3.05, 3.63) is 57.3 Å². The van der Waals surface area contributed by atoms with Crippen molar-refractivity contribution in [2.45, 2.75) is 6.92 Å². The largest absolute Gasteiger partial charge is 0.352 e. The van der Waals surface area contributed by atoms with E-state index in [9.17, 15) is 4.39 Å². The fourth-order valence-corrected chi connectivity index (χ4v) is 2.00. The summed E-state index contributed by atoms with van der Waals surface area (Å²) in [4.78, 5) is 0. The monoisotopic (exact) mass is 294 g/mol. The topological polar surface area (TPSA) is 35.8 Å². The molecule has 0 fully saturated rings. The van der Waals surface area contributed by atoms with Crippen LogP contribution in [0.25, 0.3) is 0 Å². The minimum absolute atomic E-state index is 0.237. The van der Waals surface area contributed by atoms with E-state index in [1.807, 2.05) is 13.0 Å². The minimum Gasteiger partial charge on any atom is -0.352 e. The van der Waals surface area contributed by atoms with Crippen LogP contribution < -0.4 is 5.32 Å². The third kappa shape index (κ3) is 2.98. The number of aryl methyl sites for hydroxylation is 1. The highest BCUT2D eigenvalue weighted by Gasteiger charge is 2.08. The molecule has 2 nitrogen and oxygen atoms in total. The van der Waals surface area contributed by atoms with Gasteiger partial charge in [0, 0.05) is 5.02 Å². The van der Waals surface area contributed by atoms with E-state index in [1.165, 1.54) is 12.1 Å². The average molecular weight is 295 g/mol. The molecule has 0 amide bonds. The van der Waals surface area contributed by atoms with Crippen molar-refractivity contribution in [2.75, 3.05) is 5.32 Å². The molecular weight excluding hydrogens is 286 g/mol. The Kier molecular flexibility index (Phi) is 3.94. The molecule has 0 aliphatic rings. The van der Waals surface area contributed by atoms with Crippen molar-refractivity contribution < 1.29 is 4.39 Å². The van der Waals surface area contributed by atoms with Gasteiger partial charge in [0.25, 0.3) is 0 Å². The normalized spacial score (nSPS) is 10.1. The Morgan fingerprint density at radius 1 is 1.11 bits per heavy atom. The average Bonchev–Trinajstić information content (AvgIpc) is 2.38. The Morgan fingerprint density at radius 3 is 2.47 bits per heavy atom. The maximum atomic E-state index is 13.7. The number of nitrogens with one attached hydrogen (secondary N) is 1. The van der Waals surface area contributed by atoms with Crippen molar-refractivity contribution >= 4 is 34.6 Å². The summed E-state index contributed by atoms with van der Waals surface area (Å²) >= 11 is 12.1. The predicted molar refractivity (Wildman–Crippen MR) is 75.6 cm³/mol. The molecule has 2 aromatic rings. The molecule has 0 aliphatic carbocycles. The Bertz CT molecular complexity index is 678. The van der Waals surface area contributed by atoms with Gasteiger partial charge in [0.05, 0.1) is 28.0 Å². The summed E-state index contributed by atoms with van der Waals surface area (Å²) in [6.45, 7) is 1.83. The SMILES string of the molecule is Cc1cc(Cl)c(Nc2ccc(C#N)cc2F)cc1Cl. The summed E-state index contributed by atoms with van der Waals surface area (Å²) in [6, 6.07) is 9.38. The lowest BCUT2D eigenvalue weighted by Crippen LogP contribution is -1.96. The molecule has 0 bridgehead atoms. The van der Waals surface area contributed by atoms with Crippen LogP contribution in [0.4, 0.5) is 15.8 Å². The lowest BCUT2D eigenvalue weighted by molar-refractivity contribution is 0.631. The molecule has 0 saturated heterocycles. The number of nitrogens with zero attached hydrogens (tertiary/aromatic N) is 1. The fraction of sp³-hybridized carbons (Fsp3) is 0.0714. The highest BCUT2D eigenvalue weighted by Crippen LogP contribution is 2.31. The lowest BCUT2D eigenvalue weighted by atomic mass is 10.2. The molecule has 0 radical (unpaired) electrons. The Labute approximate surface area is 120 Å². The summed E-state index contributed by atoms with van der Waals surface area (Å²) in [5.41, 5.74) is 1.86. The van der Waals surface area contributed by atoms with Crippen LogP contribution in [-0.2, 0) is 0 Å². The van der Waals surface area contributed by atoms with E-state index in [0.717, 1.165) is 11.6 Å². The van der Waals surface area contributed by atoms with E-state index in [-0.39, 0.29) is 11.3 Å². The number of hydrogen-bond acceptors (Lipinski definition) is 2. The standard InChI is InChI=1S/C14H9Cl2FN2/c1-8-4-11(16)14(6-10(8)15)19-13-3-2-9(7-18)5-12(13)17/h2-6,19H,1H3. The van der Waals surface area contributed by atoms with Gasteiger partial charge in [-0.05, 0) is 42.8 Å². The quantitative estimate of drug-likeness (QED) is 0.841. The van der Waals surface area contributed by atoms with Crippen LogP contribution in [-0.4, -0.2) is 0 Å². The number of rotatable bonds is 2. The van der Waals surface area contributed by atoms with Gasteiger partial charge in [-0.15, -0.1) is 0 Å². The van der Waals surface area contributed by atoms with E-state index in [1.54, 1.807) is 12.1 Å². The zero-order valence-corrected chi connectivity index (χ0v) is 11.5. The smallest absolute Gasteiger partial charge is 0.147 e. The first-order chi connectivity index (χ1) is 9.01. The molecule has 0 aliphatic heterocycles. The molecule has 0 heterocycles. The van der Waals surface area contributed by atoms with Crippen molar-refractivity contribution in [2.24, 2.45) is 0 Å². The first kappa shape index (κ1) is 13.7. The molecule has 19 heavy (non-hydrogen) atoms. The van der Waals surface area contributed by atoms with E-state index in [0.29, 0.717) is 15.7 Å². The maximum absolute atomic E-state index is 13.7. The maximum Gasteiger partial charge on any atom is 0.147 e. The zero-order valence-electron chi connectivity index (χ0n) is 9.97. The third-order valence-corrected chi connectivity index (χ3v) is 3.34. The van der Waals surface area contributed by atoms with Gasteiger partial charge in [0.15, 0.2) is 0 Å². The van der Waals surface area contributed by atoms with E-state index >= 15 is 0 Å². The summed E-state index contributed by atoms with van der Waals surface area (Å²) in [6.07, 6.45) is 0. The molecule has 0 aromatic heterocycles. The number of benzene rings is 2. The summed E-state index contributed by atoms with van der Waals surface area (Å²) in [5.74, 6) is -0.521. The first-order valence-corrected chi connectivity index (χ1v) is 6.19. The zero-order chi connectivity index (χ0) is 14.0. The molecule has 2 rings (SSSR count). The van der Waals surface area contributed by atoms with Crippen molar-refractivity contribution in [1.29, 1.82) is 5.26 Å². The highest BCUT2D eigenvalue weighted by molar-refractivity contribution is 6.35. The minimum atomic E-state index is -0.521.